The molecule has 0 N–H and O–H groups in total. The van der Waals surface area contributed by atoms with E-state index in [2.05, 4.69) is 0 Å². The molecule has 1 heterocycles. The van der Waals surface area contributed by atoms with Crippen molar-refractivity contribution in [2.75, 3.05) is 11.4 Å². The maximum Gasteiger partial charge on any atom is 0.267 e. The van der Waals surface area contributed by atoms with Crippen molar-refractivity contribution in [1.82, 2.24) is 0 Å². The first kappa shape index (κ1) is 11.4. The average Bonchev–Trinajstić information content (AvgIpc) is 2.29. The zero-order chi connectivity index (χ0) is 12.4. The Hall–Kier alpha value is -2.04. The van der Waals surface area contributed by atoms with Crippen LogP contribution in [0.1, 0.15) is 13.3 Å². The van der Waals surface area contributed by atoms with Gasteiger partial charge in [-0.2, -0.15) is 0 Å². The molecule has 0 bridgehead atoms. The Bertz CT molecular complexity index is 458. The summed E-state index contributed by atoms with van der Waals surface area (Å²) in [7, 11) is 0. The van der Waals surface area contributed by atoms with Crippen molar-refractivity contribution in [2.24, 2.45) is 0 Å². The molecule has 1 amide bonds. The van der Waals surface area contributed by atoms with Crippen molar-refractivity contribution in [3.63, 3.8) is 0 Å². The number of aliphatic carboxylic acids is 1. The topological polar surface area (TPSA) is 69.7 Å². The second-order valence-corrected chi connectivity index (χ2v) is 3.84. The summed E-state index contributed by atoms with van der Waals surface area (Å²) in [5, 5.41) is 10.5. The molecule has 0 radical (unpaired) electrons. The van der Waals surface area contributed by atoms with Gasteiger partial charge in [0.25, 0.3) is 5.91 Å². The van der Waals surface area contributed by atoms with Crippen LogP contribution >= 0.6 is 0 Å². The van der Waals surface area contributed by atoms with E-state index in [1.807, 2.05) is 0 Å². The molecule has 1 aliphatic rings. The Balaban J connectivity index is 2.28. The van der Waals surface area contributed by atoms with E-state index < -0.39 is 12.1 Å². The molecule has 5 nitrogen and oxygen atoms in total. The number of anilines is 1. The summed E-state index contributed by atoms with van der Waals surface area (Å²) in [6, 6.07) is 7.06. The van der Waals surface area contributed by atoms with Gasteiger partial charge in [-0.3, -0.25) is 4.79 Å². The molecular formula is C12H12NO4-. The first-order valence-corrected chi connectivity index (χ1v) is 5.36. The lowest BCUT2D eigenvalue weighted by Gasteiger charge is -2.33. The number of carboxylic acids is 1. The van der Waals surface area contributed by atoms with Crippen LogP contribution in [0, 0.1) is 0 Å². The molecule has 1 aliphatic heterocycles. The van der Waals surface area contributed by atoms with Crippen LogP contribution in [0.25, 0.3) is 0 Å². The van der Waals surface area contributed by atoms with E-state index in [1.54, 1.807) is 31.2 Å². The Morgan fingerprint density at radius 1 is 1.47 bits per heavy atom. The molecule has 0 aromatic heterocycles. The summed E-state index contributed by atoms with van der Waals surface area (Å²) in [4.78, 5) is 23.8. The molecule has 0 unspecified atom stereocenters. The van der Waals surface area contributed by atoms with E-state index in [4.69, 9.17) is 4.74 Å². The number of hydrogen-bond donors (Lipinski definition) is 0. The standard InChI is InChI=1S/C12H13NO4/c1-8-12(16)13(7-6-11(14)15)9-4-2-3-5-10(9)17-8/h2-5,8H,6-7H2,1H3,(H,14,15)/p-1/t8-/m0/s1. The zero-order valence-corrected chi connectivity index (χ0v) is 9.38. The first-order chi connectivity index (χ1) is 8.09. The molecule has 0 saturated carbocycles. The van der Waals surface area contributed by atoms with Gasteiger partial charge >= 0.3 is 0 Å². The molecule has 90 valence electrons. The SMILES string of the molecule is C[C@@H]1Oc2ccccc2N(CCC(=O)[O-])C1=O. The monoisotopic (exact) mass is 234 g/mol. The van der Waals surface area contributed by atoms with Gasteiger partial charge in [0.2, 0.25) is 0 Å². The Labute approximate surface area is 98.6 Å². The fraction of sp³-hybridized carbons (Fsp3) is 0.333. The molecule has 1 aromatic carbocycles. The molecule has 0 aliphatic carbocycles. The molecule has 1 atom stereocenters. The summed E-state index contributed by atoms with van der Waals surface area (Å²) in [6.07, 6.45) is -0.779. The quantitative estimate of drug-likeness (QED) is 0.734. The van der Waals surface area contributed by atoms with Crippen molar-refractivity contribution >= 4 is 17.6 Å². The minimum Gasteiger partial charge on any atom is -0.550 e. The van der Waals surface area contributed by atoms with E-state index in [1.165, 1.54) is 4.90 Å². The number of carbonyl (C=O) groups is 2. The maximum absolute atomic E-state index is 11.9. The number of fused-ring (bicyclic) bond motifs is 1. The summed E-state index contributed by atoms with van der Waals surface area (Å²) < 4.78 is 5.43. The third kappa shape index (κ3) is 2.22. The van der Waals surface area contributed by atoms with Gasteiger partial charge in [-0.15, -0.1) is 0 Å². The largest absolute Gasteiger partial charge is 0.550 e. The van der Waals surface area contributed by atoms with Crippen LogP contribution in [0.5, 0.6) is 5.75 Å². The van der Waals surface area contributed by atoms with Gasteiger partial charge in [-0.1, -0.05) is 12.1 Å². The lowest BCUT2D eigenvalue weighted by Crippen LogP contribution is -2.46. The molecule has 5 heteroatoms. The van der Waals surface area contributed by atoms with E-state index in [0.29, 0.717) is 11.4 Å². The van der Waals surface area contributed by atoms with Gasteiger partial charge in [-0.25, -0.2) is 0 Å². The lowest BCUT2D eigenvalue weighted by atomic mass is 10.2. The number of rotatable bonds is 3. The van der Waals surface area contributed by atoms with Crippen molar-refractivity contribution in [3.8, 4) is 5.75 Å². The van der Waals surface area contributed by atoms with Crippen LogP contribution in [-0.4, -0.2) is 24.5 Å². The van der Waals surface area contributed by atoms with Crippen molar-refractivity contribution in [2.45, 2.75) is 19.4 Å². The molecule has 2 rings (SSSR count). The van der Waals surface area contributed by atoms with Gasteiger partial charge < -0.3 is 19.5 Å². The molecule has 17 heavy (non-hydrogen) atoms. The number of ether oxygens (including phenoxy) is 1. The minimum atomic E-state index is -1.17. The van der Waals surface area contributed by atoms with Gasteiger partial charge in [0.05, 0.1) is 5.69 Å². The lowest BCUT2D eigenvalue weighted by molar-refractivity contribution is -0.305. The van der Waals surface area contributed by atoms with Crippen LogP contribution in [0.3, 0.4) is 0 Å². The Kier molecular flexibility index (Phi) is 2.99. The van der Waals surface area contributed by atoms with Crippen molar-refractivity contribution in [1.29, 1.82) is 0 Å². The molecule has 0 spiro atoms. The summed E-state index contributed by atoms with van der Waals surface area (Å²) >= 11 is 0. The molecule has 1 aromatic rings. The van der Waals surface area contributed by atoms with Gasteiger partial charge in [0, 0.05) is 18.9 Å². The third-order valence-corrected chi connectivity index (χ3v) is 2.61. The number of para-hydroxylation sites is 2. The second kappa shape index (κ2) is 4.45. The minimum absolute atomic E-state index is 0.103. The highest BCUT2D eigenvalue weighted by atomic mass is 16.5. The van der Waals surface area contributed by atoms with Crippen LogP contribution < -0.4 is 14.7 Å². The van der Waals surface area contributed by atoms with E-state index >= 15 is 0 Å². The van der Waals surface area contributed by atoms with E-state index in [9.17, 15) is 14.7 Å². The highest BCUT2D eigenvalue weighted by Gasteiger charge is 2.30. The molecule has 0 fully saturated rings. The first-order valence-electron chi connectivity index (χ1n) is 5.36. The highest BCUT2D eigenvalue weighted by molar-refractivity contribution is 6.00. The van der Waals surface area contributed by atoms with E-state index in [-0.39, 0.29) is 18.9 Å². The summed E-state index contributed by atoms with van der Waals surface area (Å²) in [6.45, 7) is 1.75. The van der Waals surface area contributed by atoms with Gasteiger partial charge in [-0.05, 0) is 19.1 Å². The van der Waals surface area contributed by atoms with E-state index in [0.717, 1.165) is 0 Å². The average molecular weight is 234 g/mol. The number of amides is 1. The summed E-state index contributed by atoms with van der Waals surface area (Å²) in [5.41, 5.74) is 0.608. The number of hydrogen-bond acceptors (Lipinski definition) is 4. The van der Waals surface area contributed by atoms with Crippen LogP contribution in [0.4, 0.5) is 5.69 Å². The second-order valence-electron chi connectivity index (χ2n) is 3.84. The zero-order valence-electron chi connectivity index (χ0n) is 9.38. The smallest absolute Gasteiger partial charge is 0.267 e. The fourth-order valence-electron chi connectivity index (χ4n) is 1.79. The van der Waals surface area contributed by atoms with Gasteiger partial charge in [0.1, 0.15) is 5.75 Å². The fourth-order valence-corrected chi connectivity index (χ4v) is 1.79. The maximum atomic E-state index is 11.9. The van der Waals surface area contributed by atoms with Crippen molar-refractivity contribution < 1.29 is 19.4 Å². The normalized spacial score (nSPS) is 18.5. The molecular weight excluding hydrogens is 222 g/mol. The predicted octanol–water partition coefficient (Wildman–Crippen LogP) is -0.0595. The van der Waals surface area contributed by atoms with Crippen LogP contribution in [0.2, 0.25) is 0 Å². The number of carbonyl (C=O) groups excluding carboxylic acids is 2. The Morgan fingerprint density at radius 3 is 2.88 bits per heavy atom. The summed E-state index contributed by atoms with van der Waals surface area (Å²) in [5.74, 6) is -0.808. The number of carboxylic acid groups (broad SMARTS) is 1. The molecule has 0 saturated heterocycles. The van der Waals surface area contributed by atoms with Crippen LogP contribution in [-0.2, 0) is 9.59 Å². The van der Waals surface area contributed by atoms with Gasteiger partial charge in [0.15, 0.2) is 6.10 Å². The highest BCUT2D eigenvalue weighted by Crippen LogP contribution is 2.33. The number of nitrogens with zero attached hydrogens (tertiary/aromatic N) is 1. The third-order valence-electron chi connectivity index (χ3n) is 2.61. The van der Waals surface area contributed by atoms with Crippen molar-refractivity contribution in [3.05, 3.63) is 24.3 Å². The Morgan fingerprint density at radius 2 is 2.18 bits per heavy atom. The van der Waals surface area contributed by atoms with Crippen LogP contribution in [0.15, 0.2) is 24.3 Å². The predicted molar refractivity (Wildman–Crippen MR) is 58.5 cm³/mol. The number of benzene rings is 1.